The number of methoxy groups -OCH3 is 1. The van der Waals surface area contributed by atoms with Crippen molar-refractivity contribution in [1.29, 1.82) is 0 Å². The fourth-order valence-electron chi connectivity index (χ4n) is 5.00. The van der Waals surface area contributed by atoms with E-state index in [4.69, 9.17) is 9.47 Å². The molecule has 264 valence electrons. The van der Waals surface area contributed by atoms with Crippen LogP contribution in [-0.2, 0) is 46.7 Å². The molecule has 14 heteroatoms. The maximum Gasteiger partial charge on any atom is 0.407 e. The summed E-state index contributed by atoms with van der Waals surface area (Å²) in [5, 5.41) is 19.1. The molecule has 0 radical (unpaired) electrons. The van der Waals surface area contributed by atoms with Crippen molar-refractivity contribution in [3.05, 3.63) is 83.1 Å². The molecule has 0 saturated heterocycles. The van der Waals surface area contributed by atoms with Crippen molar-refractivity contribution in [2.45, 2.75) is 71.9 Å². The fourth-order valence-corrected chi connectivity index (χ4v) is 6.51. The molecular formula is C34H48N4O9S. The van der Waals surface area contributed by atoms with E-state index in [0.717, 1.165) is 21.7 Å². The summed E-state index contributed by atoms with van der Waals surface area (Å²) in [4.78, 5) is 37.8. The van der Waals surface area contributed by atoms with Gasteiger partial charge in [0.2, 0.25) is 18.1 Å². The highest BCUT2D eigenvalue weighted by molar-refractivity contribution is 7.92. The van der Waals surface area contributed by atoms with Gasteiger partial charge in [-0.2, -0.15) is 4.31 Å². The molecule has 4 atom stereocenters. The number of sulfonamides is 1. The van der Waals surface area contributed by atoms with Gasteiger partial charge in [-0.1, -0.05) is 95.3 Å². The van der Waals surface area contributed by atoms with Gasteiger partial charge < -0.3 is 35.3 Å². The van der Waals surface area contributed by atoms with E-state index >= 15 is 0 Å². The number of hydrogen-bond acceptors (Lipinski definition) is 9. The van der Waals surface area contributed by atoms with Crippen LogP contribution >= 0.6 is 0 Å². The van der Waals surface area contributed by atoms with Gasteiger partial charge in [0.1, 0.15) is 18.8 Å². The van der Waals surface area contributed by atoms with Gasteiger partial charge in [0.05, 0.1) is 19.3 Å². The van der Waals surface area contributed by atoms with E-state index in [0.29, 0.717) is 6.42 Å². The first-order chi connectivity index (χ1) is 22.6. The highest BCUT2D eigenvalue weighted by Gasteiger charge is 2.39. The number of nitrogens with one attached hydrogen (secondary N) is 3. The number of benzene rings is 2. The Morgan fingerprint density at radius 1 is 0.958 bits per heavy atom. The van der Waals surface area contributed by atoms with Gasteiger partial charge >= 0.3 is 6.09 Å². The number of rotatable bonds is 16. The molecule has 3 amide bonds. The van der Waals surface area contributed by atoms with Crippen LogP contribution in [0.3, 0.4) is 0 Å². The first-order valence-corrected chi connectivity index (χ1v) is 17.2. The van der Waals surface area contributed by atoms with Crippen LogP contribution in [0.5, 0.6) is 0 Å². The summed E-state index contributed by atoms with van der Waals surface area (Å²) in [5.74, 6) is -1.33. The normalized spacial score (nSPS) is 16.6. The van der Waals surface area contributed by atoms with E-state index in [2.05, 4.69) is 20.7 Å². The highest BCUT2D eigenvalue weighted by Crippen LogP contribution is 2.27. The molecule has 0 aromatic heterocycles. The Hall–Kier alpha value is -4.14. The van der Waals surface area contributed by atoms with E-state index in [9.17, 15) is 27.9 Å². The average molecular weight is 689 g/mol. The first kappa shape index (κ1) is 38.3. The first-order valence-electron chi connectivity index (χ1n) is 15.8. The molecule has 1 heterocycles. The van der Waals surface area contributed by atoms with Gasteiger partial charge in [0.15, 0.2) is 0 Å². The number of amides is 3. The third kappa shape index (κ3) is 11.5. The standard InChI is InChI=1S/C34H48N4O9S/c1-23(2)20-38(48(43,44)30-22-46-29(47-30)18-25-15-11-8-12-16-25)21-27(39)26(17-24-13-9-7-10-14-24)36-32(41)31(34(3,4)5)37-28(40)19-35-33(42)45-6/h7-16,22-23,26-27,29,31,39H,17-21H2,1-6H3,(H,35,42)(H,36,41)(H,37,40). The zero-order chi connectivity index (χ0) is 35.5. The van der Waals surface area contributed by atoms with Crippen molar-refractivity contribution in [2.24, 2.45) is 11.3 Å². The molecule has 4 unspecified atom stereocenters. The third-order valence-corrected chi connectivity index (χ3v) is 9.14. The molecule has 4 N–H and O–H groups in total. The lowest BCUT2D eigenvalue weighted by Crippen LogP contribution is -2.59. The van der Waals surface area contributed by atoms with Crippen LogP contribution in [0, 0.1) is 11.3 Å². The number of nitrogens with zero attached hydrogens (tertiary/aromatic N) is 1. The van der Waals surface area contributed by atoms with E-state index in [1.54, 1.807) is 20.8 Å². The Morgan fingerprint density at radius 2 is 1.56 bits per heavy atom. The molecule has 0 aliphatic carbocycles. The topological polar surface area (TPSA) is 173 Å². The predicted octanol–water partition coefficient (Wildman–Crippen LogP) is 2.66. The number of aliphatic hydroxyl groups excluding tert-OH is 1. The van der Waals surface area contributed by atoms with Crippen LogP contribution in [0.15, 0.2) is 72.0 Å². The number of alkyl carbamates (subject to hydrolysis) is 1. The zero-order valence-electron chi connectivity index (χ0n) is 28.3. The van der Waals surface area contributed by atoms with E-state index in [1.165, 1.54) is 7.11 Å². The van der Waals surface area contributed by atoms with Crippen molar-refractivity contribution in [2.75, 3.05) is 26.7 Å². The van der Waals surface area contributed by atoms with Gasteiger partial charge in [0.25, 0.3) is 15.1 Å². The summed E-state index contributed by atoms with van der Waals surface area (Å²) >= 11 is 0. The number of ether oxygens (including phenoxy) is 3. The second-order valence-corrected chi connectivity index (χ2v) is 15.0. The summed E-state index contributed by atoms with van der Waals surface area (Å²) in [5.41, 5.74) is 0.925. The molecular weight excluding hydrogens is 640 g/mol. The minimum absolute atomic E-state index is 0.0588. The SMILES string of the molecule is COC(=O)NCC(=O)NC(C(=O)NC(Cc1ccccc1)C(O)CN(CC(C)C)S(=O)(=O)C1=COC(Cc2ccccc2)O1)C(C)(C)C. The van der Waals surface area contributed by atoms with Crippen LogP contribution in [-0.4, -0.2) is 87.0 Å². The predicted molar refractivity (Wildman–Crippen MR) is 179 cm³/mol. The minimum atomic E-state index is -4.25. The van der Waals surface area contributed by atoms with E-state index in [1.807, 2.05) is 74.5 Å². The molecule has 2 aromatic rings. The number of carbonyl (C=O) groups is 3. The lowest BCUT2D eigenvalue weighted by atomic mass is 9.85. The number of aliphatic hydroxyl groups is 1. The van der Waals surface area contributed by atoms with Crippen molar-refractivity contribution >= 4 is 27.9 Å². The molecule has 13 nitrogen and oxygen atoms in total. The molecule has 0 spiro atoms. The molecule has 0 saturated carbocycles. The summed E-state index contributed by atoms with van der Waals surface area (Å²) in [7, 11) is -3.08. The van der Waals surface area contributed by atoms with E-state index < -0.39 is 64.4 Å². The Kier molecular flexibility index (Phi) is 13.8. The van der Waals surface area contributed by atoms with Crippen LogP contribution in [0.2, 0.25) is 0 Å². The van der Waals surface area contributed by atoms with Gasteiger partial charge in [-0.05, 0) is 28.9 Å². The summed E-state index contributed by atoms with van der Waals surface area (Å²) in [6.07, 6.45) is -1.43. The maximum absolute atomic E-state index is 13.9. The molecule has 48 heavy (non-hydrogen) atoms. The lowest BCUT2D eigenvalue weighted by molar-refractivity contribution is -0.132. The molecule has 2 aromatic carbocycles. The number of carbonyl (C=O) groups excluding carboxylic acids is 3. The Balaban J connectivity index is 1.81. The van der Waals surface area contributed by atoms with Crippen molar-refractivity contribution < 1.29 is 42.1 Å². The van der Waals surface area contributed by atoms with Crippen LogP contribution in [0.25, 0.3) is 0 Å². The van der Waals surface area contributed by atoms with Gasteiger partial charge in [-0.15, -0.1) is 0 Å². The average Bonchev–Trinajstić information content (AvgIpc) is 3.51. The van der Waals surface area contributed by atoms with Crippen molar-refractivity contribution in [1.82, 2.24) is 20.3 Å². The monoisotopic (exact) mass is 688 g/mol. The van der Waals surface area contributed by atoms with Crippen molar-refractivity contribution in [3.8, 4) is 0 Å². The lowest BCUT2D eigenvalue weighted by Gasteiger charge is -2.34. The van der Waals surface area contributed by atoms with E-state index in [-0.39, 0.29) is 30.5 Å². The van der Waals surface area contributed by atoms with Crippen molar-refractivity contribution in [3.63, 3.8) is 0 Å². The van der Waals surface area contributed by atoms with Crippen LogP contribution in [0.4, 0.5) is 4.79 Å². The Morgan fingerprint density at radius 3 is 2.12 bits per heavy atom. The second kappa shape index (κ2) is 17.3. The maximum atomic E-state index is 13.9. The van der Waals surface area contributed by atoms with Gasteiger partial charge in [0, 0.05) is 19.5 Å². The largest absolute Gasteiger partial charge is 0.457 e. The Labute approximate surface area is 283 Å². The van der Waals surface area contributed by atoms with Gasteiger partial charge in [-0.25, -0.2) is 13.2 Å². The number of hydrogen-bond donors (Lipinski definition) is 4. The minimum Gasteiger partial charge on any atom is -0.457 e. The quantitative estimate of drug-likeness (QED) is 0.207. The molecule has 1 aliphatic heterocycles. The zero-order valence-corrected chi connectivity index (χ0v) is 29.2. The highest BCUT2D eigenvalue weighted by atomic mass is 32.2. The van der Waals surface area contributed by atoms with Crippen LogP contribution in [0.1, 0.15) is 45.7 Å². The molecule has 1 aliphatic rings. The molecule has 0 fully saturated rings. The van der Waals surface area contributed by atoms with Crippen LogP contribution < -0.4 is 16.0 Å². The Bertz CT molecular complexity index is 1500. The molecule has 3 rings (SSSR count). The third-order valence-electron chi connectivity index (χ3n) is 7.47. The molecule has 0 bridgehead atoms. The summed E-state index contributed by atoms with van der Waals surface area (Å²) in [6.45, 7) is 8.25. The second-order valence-electron chi connectivity index (χ2n) is 13.1. The summed E-state index contributed by atoms with van der Waals surface area (Å²) < 4.78 is 44.6. The smallest absolute Gasteiger partial charge is 0.407 e. The fraction of sp³-hybridized carbons (Fsp3) is 0.500. The van der Waals surface area contributed by atoms with Gasteiger partial charge in [-0.3, -0.25) is 9.59 Å². The summed E-state index contributed by atoms with van der Waals surface area (Å²) in [6, 6.07) is 16.5.